The topological polar surface area (TPSA) is 95.7 Å². The summed E-state index contributed by atoms with van der Waals surface area (Å²) in [5, 5.41) is 11.4. The quantitative estimate of drug-likeness (QED) is 0.214. The van der Waals surface area contributed by atoms with Gasteiger partial charge in [-0.3, -0.25) is 10.1 Å². The van der Waals surface area contributed by atoms with E-state index in [0.29, 0.717) is 5.56 Å². The van der Waals surface area contributed by atoms with Gasteiger partial charge in [-0.15, -0.1) is 0 Å². The van der Waals surface area contributed by atoms with Gasteiger partial charge in [-0.2, -0.15) is 21.6 Å². The smallest absolute Gasteiger partial charge is 0.381 e. The number of nitrogens with zero attached hydrogens (tertiary/aromatic N) is 1. The van der Waals surface area contributed by atoms with Crippen LogP contribution in [0.4, 0.5) is 18.9 Å². The molecule has 1 aliphatic rings. The van der Waals surface area contributed by atoms with Crippen molar-refractivity contribution < 1.29 is 35.4 Å². The maximum absolute atomic E-state index is 12.8. The fourth-order valence-corrected chi connectivity index (χ4v) is 3.73. The van der Waals surface area contributed by atoms with Crippen LogP contribution in [0.25, 0.3) is 0 Å². The van der Waals surface area contributed by atoms with Crippen molar-refractivity contribution in [2.75, 3.05) is 0 Å². The molecular weight excluding hydrogens is 427 g/mol. The average Bonchev–Trinajstić information content (AvgIpc) is 3.13. The van der Waals surface area contributed by atoms with Gasteiger partial charge in [-0.25, -0.2) is 0 Å². The highest BCUT2D eigenvalue weighted by molar-refractivity contribution is 7.87. The summed E-state index contributed by atoms with van der Waals surface area (Å²) in [6, 6.07) is 14.3. The molecule has 3 rings (SSSR count). The van der Waals surface area contributed by atoms with Gasteiger partial charge in [0, 0.05) is 18.1 Å². The monoisotopic (exact) mass is 443 g/mol. The molecule has 0 unspecified atom stereocenters. The number of hydrogen-bond acceptors (Lipinski definition) is 6. The van der Waals surface area contributed by atoms with Crippen LogP contribution in [0.5, 0.6) is 0 Å². The van der Waals surface area contributed by atoms with Crippen molar-refractivity contribution in [2.24, 2.45) is 0 Å². The summed E-state index contributed by atoms with van der Waals surface area (Å²) in [4.78, 5) is 10.8. The Bertz CT molecular complexity index is 1080. The summed E-state index contributed by atoms with van der Waals surface area (Å²) in [5.74, 6) is -0.533. The lowest BCUT2D eigenvalue weighted by atomic mass is 9.96. The van der Waals surface area contributed by atoms with Gasteiger partial charge in [0.1, 0.15) is 11.9 Å². The van der Waals surface area contributed by atoms with Crippen LogP contribution in [0.15, 0.2) is 65.9 Å². The number of para-hydroxylation sites is 1. The molecule has 0 aromatic heterocycles. The standard InChI is InChI=1S/C19H16F3NO6S/c1-12(29-30(26,27)19(20,21)22)15-11-17(13-7-3-2-4-8-13)28-18(15)14-9-5-6-10-16(14)23(24)25/h2-10,17-18H,11H2,1H3/b15-12+/t17-,18-/m0/s1. The maximum Gasteiger partial charge on any atom is 0.534 e. The van der Waals surface area contributed by atoms with Crippen molar-refractivity contribution in [3.8, 4) is 0 Å². The van der Waals surface area contributed by atoms with Crippen molar-refractivity contribution in [3.63, 3.8) is 0 Å². The van der Waals surface area contributed by atoms with Crippen LogP contribution < -0.4 is 0 Å². The Labute approximate surface area is 170 Å². The summed E-state index contributed by atoms with van der Waals surface area (Å²) in [7, 11) is -5.90. The first-order valence-electron chi connectivity index (χ1n) is 8.65. The number of alkyl halides is 3. The molecule has 7 nitrogen and oxygen atoms in total. The number of rotatable bonds is 5. The van der Waals surface area contributed by atoms with Crippen LogP contribution in [0, 0.1) is 10.1 Å². The summed E-state index contributed by atoms with van der Waals surface area (Å²) in [6.07, 6.45) is -1.81. The molecule has 0 aliphatic carbocycles. The van der Waals surface area contributed by atoms with Crippen LogP contribution in [-0.4, -0.2) is 18.8 Å². The molecule has 0 saturated carbocycles. The molecule has 30 heavy (non-hydrogen) atoms. The third-order valence-electron chi connectivity index (χ3n) is 4.58. The van der Waals surface area contributed by atoms with Gasteiger partial charge < -0.3 is 8.92 Å². The summed E-state index contributed by atoms with van der Waals surface area (Å²) in [6.45, 7) is 1.07. The Hall–Kier alpha value is -2.92. The molecule has 1 fully saturated rings. The van der Waals surface area contributed by atoms with Crippen molar-refractivity contribution in [1.82, 2.24) is 0 Å². The van der Waals surface area contributed by atoms with E-state index in [1.165, 1.54) is 24.3 Å². The second-order valence-electron chi connectivity index (χ2n) is 6.50. The molecule has 1 heterocycles. The molecule has 2 aromatic rings. The highest BCUT2D eigenvalue weighted by Gasteiger charge is 2.49. The first-order valence-corrected chi connectivity index (χ1v) is 10.1. The van der Waals surface area contributed by atoms with Crippen LogP contribution in [-0.2, 0) is 19.0 Å². The largest absolute Gasteiger partial charge is 0.534 e. The van der Waals surface area contributed by atoms with Gasteiger partial charge >= 0.3 is 15.6 Å². The highest BCUT2D eigenvalue weighted by Crippen LogP contribution is 2.48. The van der Waals surface area contributed by atoms with Crippen LogP contribution >= 0.6 is 0 Å². The van der Waals surface area contributed by atoms with E-state index >= 15 is 0 Å². The number of halogens is 3. The lowest BCUT2D eigenvalue weighted by molar-refractivity contribution is -0.386. The second kappa shape index (κ2) is 8.07. The van der Waals surface area contributed by atoms with Crippen molar-refractivity contribution in [3.05, 3.63) is 87.2 Å². The van der Waals surface area contributed by atoms with Crippen LogP contribution in [0.2, 0.25) is 0 Å². The summed E-state index contributed by atoms with van der Waals surface area (Å²) in [5.41, 5.74) is -5.07. The van der Waals surface area contributed by atoms with Crippen LogP contribution in [0.1, 0.15) is 36.7 Å². The lowest BCUT2D eigenvalue weighted by Crippen LogP contribution is -2.25. The first-order chi connectivity index (χ1) is 14.0. The average molecular weight is 443 g/mol. The van der Waals surface area contributed by atoms with Crippen LogP contribution in [0.3, 0.4) is 0 Å². The van der Waals surface area contributed by atoms with Gasteiger partial charge in [0.25, 0.3) is 5.69 Å². The van der Waals surface area contributed by atoms with Gasteiger partial charge in [0.05, 0.1) is 16.6 Å². The molecule has 1 aliphatic heterocycles. The number of nitro benzene ring substituents is 1. The zero-order valence-electron chi connectivity index (χ0n) is 15.5. The Morgan fingerprint density at radius 3 is 2.33 bits per heavy atom. The van der Waals surface area contributed by atoms with E-state index in [1.54, 1.807) is 30.3 Å². The Balaban J connectivity index is 2.09. The fraction of sp³-hybridized carbons (Fsp3) is 0.263. The molecule has 2 atom stereocenters. The Morgan fingerprint density at radius 1 is 1.13 bits per heavy atom. The minimum absolute atomic E-state index is 0.0000605. The number of benzene rings is 2. The van der Waals surface area contributed by atoms with Crippen molar-refractivity contribution >= 4 is 15.8 Å². The lowest BCUT2D eigenvalue weighted by Gasteiger charge is -2.17. The van der Waals surface area contributed by atoms with E-state index in [1.807, 2.05) is 0 Å². The summed E-state index contributed by atoms with van der Waals surface area (Å²) >= 11 is 0. The number of nitro groups is 1. The van der Waals surface area contributed by atoms with Crippen molar-refractivity contribution in [2.45, 2.75) is 31.1 Å². The van der Waals surface area contributed by atoms with Crippen molar-refractivity contribution in [1.29, 1.82) is 0 Å². The zero-order chi connectivity index (χ0) is 22.1. The third-order valence-corrected chi connectivity index (χ3v) is 5.62. The molecule has 0 radical (unpaired) electrons. The number of ether oxygens (including phenoxy) is 1. The molecule has 160 valence electrons. The number of hydrogen-bond donors (Lipinski definition) is 0. The second-order valence-corrected chi connectivity index (χ2v) is 8.04. The normalized spacial score (nSPS) is 21.3. The van der Waals surface area contributed by atoms with E-state index in [0.717, 1.165) is 6.92 Å². The molecule has 2 aromatic carbocycles. The Kier molecular flexibility index (Phi) is 5.86. The SMILES string of the molecule is C/C(OS(=O)(=O)C(F)(F)F)=C1/C[C@@H](c2ccccc2)O[C@H]1c1ccccc1[N+](=O)[O-]. The van der Waals surface area contributed by atoms with Gasteiger partial charge in [-0.05, 0) is 18.6 Å². The summed E-state index contributed by atoms with van der Waals surface area (Å²) < 4.78 is 71.4. The molecular formula is C19H16F3NO6S. The fourth-order valence-electron chi connectivity index (χ4n) is 3.20. The van der Waals surface area contributed by atoms with E-state index in [9.17, 15) is 31.7 Å². The molecule has 11 heteroatoms. The van der Waals surface area contributed by atoms with Gasteiger partial charge in [0.15, 0.2) is 0 Å². The zero-order valence-corrected chi connectivity index (χ0v) is 16.3. The van der Waals surface area contributed by atoms with Gasteiger partial charge in [-0.1, -0.05) is 42.5 Å². The van der Waals surface area contributed by atoms with E-state index in [4.69, 9.17) is 4.74 Å². The molecule has 0 N–H and O–H groups in total. The van der Waals surface area contributed by atoms with E-state index < -0.39 is 38.5 Å². The molecule has 1 saturated heterocycles. The number of allylic oxidation sites excluding steroid dienone is 1. The third kappa shape index (κ3) is 4.31. The minimum Gasteiger partial charge on any atom is -0.381 e. The van der Waals surface area contributed by atoms with E-state index in [2.05, 4.69) is 4.18 Å². The minimum atomic E-state index is -5.90. The molecule has 0 amide bonds. The van der Waals surface area contributed by atoms with E-state index in [-0.39, 0.29) is 23.2 Å². The highest BCUT2D eigenvalue weighted by atomic mass is 32.2. The predicted octanol–water partition coefficient (Wildman–Crippen LogP) is 4.94. The Morgan fingerprint density at radius 2 is 1.73 bits per heavy atom. The molecule has 0 spiro atoms. The maximum atomic E-state index is 12.8. The predicted molar refractivity (Wildman–Crippen MR) is 99.5 cm³/mol. The molecule has 0 bridgehead atoms. The first kappa shape index (κ1) is 21.8. The van der Waals surface area contributed by atoms with Gasteiger partial charge in [0.2, 0.25) is 0 Å².